The average Bonchev–Trinajstić information content (AvgIpc) is 2.64. The normalized spacial score (nSPS) is 15.7. The Bertz CT molecular complexity index is 611. The second-order valence-electron chi connectivity index (χ2n) is 6.11. The molecule has 0 aromatic rings. The molecule has 0 aliphatic carbocycles. The molecule has 6 nitrogen and oxygen atoms in total. The fourth-order valence-corrected chi connectivity index (χ4v) is 3.25. The second-order valence-corrected chi connectivity index (χ2v) is 7.62. The highest BCUT2D eigenvalue weighted by Crippen LogP contribution is 2.49. The first-order valence-corrected chi connectivity index (χ1v) is 9.58. The molecule has 0 aromatic heterocycles. The number of carbonyl (C=O) groups is 3. The van der Waals surface area contributed by atoms with Crippen LogP contribution in [0.25, 0.3) is 0 Å². The van der Waals surface area contributed by atoms with Gasteiger partial charge in [-0.15, -0.1) is 0 Å². The van der Waals surface area contributed by atoms with Crippen molar-refractivity contribution in [1.82, 2.24) is 0 Å². The van der Waals surface area contributed by atoms with Gasteiger partial charge in [0.25, 0.3) is 0 Å². The van der Waals surface area contributed by atoms with Gasteiger partial charge in [0.2, 0.25) is 0 Å². The Morgan fingerprint density at radius 1 is 0.833 bits per heavy atom. The zero-order valence-corrected chi connectivity index (χ0v) is 18.2. The van der Waals surface area contributed by atoms with E-state index in [-0.39, 0.29) is 6.61 Å². The third-order valence-electron chi connectivity index (χ3n) is 3.99. The highest BCUT2D eigenvalue weighted by atomic mass is 127. The molecule has 0 N–H and O–H groups in total. The molecule has 0 rings (SSSR count). The smallest absolute Gasteiger partial charge is 0.459 e. The Hall–Kier alpha value is -1.35. The van der Waals surface area contributed by atoms with E-state index in [1.165, 1.54) is 6.92 Å². The summed E-state index contributed by atoms with van der Waals surface area (Å²) in [5, 5.41) is 0. The maximum Gasteiger partial charge on any atom is 0.459 e. The third-order valence-corrected chi connectivity index (χ3v) is 5.01. The summed E-state index contributed by atoms with van der Waals surface area (Å²) in [5.74, 6) is -19.2. The van der Waals surface area contributed by atoms with Gasteiger partial charge in [-0.05, 0) is 19.8 Å². The van der Waals surface area contributed by atoms with Gasteiger partial charge in [-0.3, -0.25) is 14.4 Å². The zero-order valence-electron chi connectivity index (χ0n) is 16.0. The molecule has 30 heavy (non-hydrogen) atoms. The molecule has 176 valence electrons. The molecule has 0 amide bonds. The lowest BCUT2D eigenvalue weighted by Crippen LogP contribution is -2.53. The fraction of sp³-hybridized carbons (Fsp3) is 0.812. The Morgan fingerprint density at radius 3 is 1.70 bits per heavy atom. The number of esters is 3. The van der Waals surface area contributed by atoms with E-state index in [9.17, 15) is 45.1 Å². The SMILES string of the molecule is CCOC(=O)C(I)CC(CC(CC(F)(F)C(F)(F)C(F)(F)F)C(=O)OC)C(=O)OC. The van der Waals surface area contributed by atoms with Gasteiger partial charge in [0.1, 0.15) is 3.92 Å². The van der Waals surface area contributed by atoms with Crippen molar-refractivity contribution in [2.75, 3.05) is 20.8 Å². The van der Waals surface area contributed by atoms with Crippen LogP contribution in [0.2, 0.25) is 0 Å². The van der Waals surface area contributed by atoms with Crippen LogP contribution in [0.15, 0.2) is 0 Å². The van der Waals surface area contributed by atoms with Gasteiger partial charge in [-0.1, -0.05) is 22.6 Å². The molecular weight excluding hydrogens is 548 g/mol. The molecule has 3 unspecified atom stereocenters. The van der Waals surface area contributed by atoms with E-state index < -0.39 is 71.0 Å². The summed E-state index contributed by atoms with van der Waals surface area (Å²) in [6.07, 6.45) is -10.1. The number of hydrogen-bond donors (Lipinski definition) is 0. The number of ether oxygens (including phenoxy) is 3. The van der Waals surface area contributed by atoms with Crippen LogP contribution in [0.3, 0.4) is 0 Å². The average molecular weight is 568 g/mol. The van der Waals surface area contributed by atoms with Crippen molar-refractivity contribution in [2.45, 2.75) is 48.1 Å². The summed E-state index contributed by atoms with van der Waals surface area (Å²) < 4.78 is 104. The Morgan fingerprint density at radius 2 is 1.30 bits per heavy atom. The monoisotopic (exact) mass is 568 g/mol. The summed E-state index contributed by atoms with van der Waals surface area (Å²) in [6, 6.07) is 0. The summed E-state index contributed by atoms with van der Waals surface area (Å²) in [6.45, 7) is 1.49. The molecule has 0 fully saturated rings. The Labute approximate surface area is 180 Å². The van der Waals surface area contributed by atoms with Crippen molar-refractivity contribution >= 4 is 40.5 Å². The lowest BCUT2D eigenvalue weighted by Gasteiger charge is -2.31. The number of alkyl halides is 8. The van der Waals surface area contributed by atoms with Crippen LogP contribution >= 0.6 is 22.6 Å². The zero-order chi connectivity index (χ0) is 23.9. The molecule has 0 radical (unpaired) electrons. The van der Waals surface area contributed by atoms with Crippen molar-refractivity contribution in [3.05, 3.63) is 0 Å². The molecule has 0 aliphatic rings. The Kier molecular flexibility index (Phi) is 10.8. The van der Waals surface area contributed by atoms with Gasteiger partial charge in [0.15, 0.2) is 0 Å². The van der Waals surface area contributed by atoms with Gasteiger partial charge in [-0.2, -0.15) is 30.7 Å². The molecule has 3 atom stereocenters. The van der Waals surface area contributed by atoms with E-state index in [0.29, 0.717) is 7.11 Å². The molecule has 0 aromatic carbocycles. The maximum atomic E-state index is 13.8. The summed E-state index contributed by atoms with van der Waals surface area (Å²) >= 11 is 1.57. The van der Waals surface area contributed by atoms with E-state index in [2.05, 4.69) is 9.47 Å². The number of halogens is 8. The molecular formula is C16H20F7IO6. The van der Waals surface area contributed by atoms with E-state index >= 15 is 0 Å². The van der Waals surface area contributed by atoms with Crippen molar-refractivity contribution in [3.8, 4) is 0 Å². The molecule has 0 bridgehead atoms. The highest BCUT2D eigenvalue weighted by molar-refractivity contribution is 14.1. The van der Waals surface area contributed by atoms with Crippen LogP contribution in [0.4, 0.5) is 30.7 Å². The summed E-state index contributed by atoms with van der Waals surface area (Å²) in [7, 11) is 1.61. The van der Waals surface area contributed by atoms with Crippen molar-refractivity contribution in [1.29, 1.82) is 0 Å². The largest absolute Gasteiger partial charge is 0.469 e. The standard InChI is InChI=1S/C16H20F7IO6/c1-4-30-13(27)10(24)6-8(11(25)28-2)5-9(12(26)29-3)7-14(17,18)15(19,20)16(21,22)23/h8-10H,4-7H2,1-3H3. The van der Waals surface area contributed by atoms with Crippen LogP contribution < -0.4 is 0 Å². The minimum atomic E-state index is -6.57. The van der Waals surface area contributed by atoms with Gasteiger partial charge >= 0.3 is 35.9 Å². The number of rotatable bonds is 11. The first-order valence-electron chi connectivity index (χ1n) is 8.34. The van der Waals surface area contributed by atoms with Gasteiger partial charge in [0, 0.05) is 6.42 Å². The van der Waals surface area contributed by atoms with Gasteiger partial charge in [-0.25, -0.2) is 0 Å². The van der Waals surface area contributed by atoms with Crippen molar-refractivity contribution in [2.24, 2.45) is 11.8 Å². The lowest BCUT2D eigenvalue weighted by molar-refractivity contribution is -0.357. The van der Waals surface area contributed by atoms with E-state index in [1.807, 2.05) is 0 Å². The lowest BCUT2D eigenvalue weighted by atomic mass is 9.86. The molecule has 14 heteroatoms. The minimum Gasteiger partial charge on any atom is -0.469 e. The van der Waals surface area contributed by atoms with E-state index in [1.54, 1.807) is 22.6 Å². The highest BCUT2D eigenvalue weighted by Gasteiger charge is 2.73. The first-order chi connectivity index (χ1) is 13.6. The number of methoxy groups -OCH3 is 2. The van der Waals surface area contributed by atoms with Crippen LogP contribution in [-0.2, 0) is 28.6 Å². The van der Waals surface area contributed by atoms with Crippen LogP contribution in [-0.4, -0.2) is 60.7 Å². The predicted molar refractivity (Wildman–Crippen MR) is 95.3 cm³/mol. The van der Waals surface area contributed by atoms with Crippen LogP contribution in [0.1, 0.15) is 26.2 Å². The predicted octanol–water partition coefficient (Wildman–Crippen LogP) is 3.93. The van der Waals surface area contributed by atoms with Gasteiger partial charge < -0.3 is 14.2 Å². The molecule has 0 saturated heterocycles. The molecule has 0 aliphatic heterocycles. The fourth-order valence-electron chi connectivity index (χ4n) is 2.45. The van der Waals surface area contributed by atoms with Gasteiger partial charge in [0.05, 0.1) is 32.7 Å². The number of carbonyl (C=O) groups excluding carboxylic acids is 3. The van der Waals surface area contributed by atoms with Crippen LogP contribution in [0, 0.1) is 11.8 Å². The molecule has 0 heterocycles. The van der Waals surface area contributed by atoms with E-state index in [4.69, 9.17) is 4.74 Å². The van der Waals surface area contributed by atoms with Crippen molar-refractivity contribution < 1.29 is 59.3 Å². The molecule has 0 saturated carbocycles. The Balaban J connectivity index is 5.75. The third kappa shape index (κ3) is 7.41. The maximum absolute atomic E-state index is 13.8. The number of hydrogen-bond acceptors (Lipinski definition) is 6. The quantitative estimate of drug-likeness (QED) is 0.124. The van der Waals surface area contributed by atoms with Crippen LogP contribution in [0.5, 0.6) is 0 Å². The molecule has 0 spiro atoms. The summed E-state index contributed by atoms with van der Waals surface area (Å²) in [5.41, 5.74) is 0. The summed E-state index contributed by atoms with van der Waals surface area (Å²) in [4.78, 5) is 35.5. The minimum absolute atomic E-state index is 0.00917. The first kappa shape index (κ1) is 28.6. The topological polar surface area (TPSA) is 78.9 Å². The van der Waals surface area contributed by atoms with E-state index in [0.717, 1.165) is 7.11 Å². The second kappa shape index (κ2) is 11.3. The van der Waals surface area contributed by atoms with Crippen molar-refractivity contribution in [3.63, 3.8) is 0 Å².